The van der Waals surface area contributed by atoms with Crippen LogP contribution in [0.4, 0.5) is 5.82 Å². The van der Waals surface area contributed by atoms with Gasteiger partial charge in [-0.05, 0) is 55.4 Å². The summed E-state index contributed by atoms with van der Waals surface area (Å²) in [6.45, 7) is 0.650. The molecule has 1 aliphatic rings. The molecule has 1 aliphatic carbocycles. The van der Waals surface area contributed by atoms with Crippen LogP contribution in [0.2, 0.25) is 0 Å². The Kier molecular flexibility index (Phi) is 7.82. The molecule has 1 aromatic heterocycles. The zero-order chi connectivity index (χ0) is 24.8. The molecule has 8 nitrogen and oxygen atoms in total. The molecule has 3 N–H and O–H groups in total. The Labute approximate surface area is 205 Å². The van der Waals surface area contributed by atoms with Gasteiger partial charge in [-0.25, -0.2) is 4.98 Å². The molecule has 0 spiro atoms. The highest BCUT2D eigenvalue weighted by molar-refractivity contribution is 5.73. The Hall–Kier alpha value is -3.65. The molecule has 1 saturated carbocycles. The van der Waals surface area contributed by atoms with E-state index >= 15 is 0 Å². The van der Waals surface area contributed by atoms with Crippen molar-refractivity contribution in [3.8, 4) is 22.8 Å². The second-order valence-electron chi connectivity index (χ2n) is 8.97. The summed E-state index contributed by atoms with van der Waals surface area (Å²) in [6, 6.07) is 12.7. The van der Waals surface area contributed by atoms with Gasteiger partial charge in [-0.2, -0.15) is 0 Å². The number of methoxy groups -OCH3 is 1. The van der Waals surface area contributed by atoms with E-state index in [0.717, 1.165) is 52.5 Å². The zero-order valence-electron chi connectivity index (χ0n) is 20.2. The molecule has 0 aliphatic heterocycles. The highest BCUT2D eigenvalue weighted by atomic mass is 16.5. The van der Waals surface area contributed by atoms with Crippen LogP contribution in [0.5, 0.6) is 11.5 Å². The van der Waals surface area contributed by atoms with Gasteiger partial charge in [0.05, 0.1) is 31.3 Å². The second-order valence-corrected chi connectivity index (χ2v) is 8.97. The number of carboxylic acids is 1. The van der Waals surface area contributed by atoms with Crippen LogP contribution in [-0.4, -0.2) is 47.3 Å². The lowest BCUT2D eigenvalue weighted by Gasteiger charge is -2.20. The number of carbonyl (C=O) groups is 1. The number of rotatable bonds is 10. The number of aliphatic carboxylic acids is 1. The molecule has 1 heterocycles. The van der Waals surface area contributed by atoms with Crippen molar-refractivity contribution in [2.45, 2.75) is 50.8 Å². The zero-order valence-corrected chi connectivity index (χ0v) is 20.2. The van der Waals surface area contributed by atoms with Crippen LogP contribution < -0.4 is 20.1 Å². The lowest BCUT2D eigenvalue weighted by molar-refractivity contribution is -0.138. The first-order valence-electron chi connectivity index (χ1n) is 11.9. The first kappa shape index (κ1) is 24.5. The molecule has 35 heavy (non-hydrogen) atoms. The predicted molar refractivity (Wildman–Crippen MR) is 135 cm³/mol. The van der Waals surface area contributed by atoms with Crippen LogP contribution in [0.1, 0.15) is 36.8 Å². The largest absolute Gasteiger partial charge is 0.493 e. The molecule has 2 aromatic carbocycles. The van der Waals surface area contributed by atoms with Crippen molar-refractivity contribution in [3.63, 3.8) is 0 Å². The number of anilines is 1. The van der Waals surface area contributed by atoms with E-state index in [2.05, 4.69) is 9.97 Å². The Morgan fingerprint density at radius 2 is 1.80 bits per heavy atom. The number of nitrogens with zero attached hydrogens (tertiary/aromatic N) is 3. The summed E-state index contributed by atoms with van der Waals surface area (Å²) in [4.78, 5) is 22.2. The van der Waals surface area contributed by atoms with Gasteiger partial charge in [-0.1, -0.05) is 30.3 Å². The number of hydrogen-bond donors (Lipinski definition) is 2. The molecule has 0 saturated heterocycles. The van der Waals surface area contributed by atoms with E-state index in [1.807, 2.05) is 54.4 Å². The van der Waals surface area contributed by atoms with E-state index in [0.29, 0.717) is 6.54 Å². The highest BCUT2D eigenvalue weighted by Crippen LogP contribution is 2.33. The van der Waals surface area contributed by atoms with Crippen molar-refractivity contribution in [1.29, 1.82) is 0 Å². The topological polar surface area (TPSA) is 111 Å². The van der Waals surface area contributed by atoms with Crippen molar-refractivity contribution < 1.29 is 19.4 Å². The summed E-state index contributed by atoms with van der Waals surface area (Å²) in [5, 5.41) is 8.98. The van der Waals surface area contributed by atoms with Crippen LogP contribution in [0.25, 0.3) is 11.3 Å². The number of aromatic nitrogens is 2. The van der Waals surface area contributed by atoms with Crippen molar-refractivity contribution in [2.24, 2.45) is 5.73 Å². The molecule has 1 fully saturated rings. The summed E-state index contributed by atoms with van der Waals surface area (Å²) < 4.78 is 11.7. The number of benzene rings is 2. The molecule has 0 unspecified atom stereocenters. The number of hydrogen-bond acceptors (Lipinski definition) is 7. The van der Waals surface area contributed by atoms with Crippen LogP contribution in [0.3, 0.4) is 0 Å². The fraction of sp³-hybridized carbons (Fsp3) is 0.370. The van der Waals surface area contributed by atoms with Gasteiger partial charge in [-0.3, -0.25) is 9.78 Å². The Bertz CT molecular complexity index is 1130. The van der Waals surface area contributed by atoms with E-state index in [1.54, 1.807) is 19.5 Å². The number of ether oxygens (including phenoxy) is 2. The van der Waals surface area contributed by atoms with Crippen molar-refractivity contribution in [2.75, 3.05) is 19.1 Å². The van der Waals surface area contributed by atoms with Gasteiger partial charge in [0.1, 0.15) is 11.9 Å². The lowest BCUT2D eigenvalue weighted by Crippen LogP contribution is -2.32. The Morgan fingerprint density at radius 3 is 2.43 bits per heavy atom. The average Bonchev–Trinajstić information content (AvgIpc) is 3.38. The van der Waals surface area contributed by atoms with Crippen molar-refractivity contribution in [1.82, 2.24) is 9.97 Å². The maximum atomic E-state index is 11.0. The normalized spacial score (nSPS) is 14.5. The fourth-order valence-electron chi connectivity index (χ4n) is 4.27. The van der Waals surface area contributed by atoms with Gasteiger partial charge in [-0.15, -0.1) is 0 Å². The molecule has 0 radical (unpaired) electrons. The van der Waals surface area contributed by atoms with Crippen LogP contribution in [0.15, 0.2) is 54.9 Å². The van der Waals surface area contributed by atoms with E-state index in [-0.39, 0.29) is 12.5 Å². The van der Waals surface area contributed by atoms with Gasteiger partial charge in [0, 0.05) is 19.2 Å². The summed E-state index contributed by atoms with van der Waals surface area (Å²) in [7, 11) is 3.64. The molecule has 4 rings (SSSR count). The van der Waals surface area contributed by atoms with E-state index in [9.17, 15) is 4.79 Å². The van der Waals surface area contributed by atoms with Gasteiger partial charge in [0.2, 0.25) is 0 Å². The maximum absolute atomic E-state index is 11.0. The third-order valence-corrected chi connectivity index (χ3v) is 6.30. The third kappa shape index (κ3) is 6.27. The minimum absolute atomic E-state index is 0.262. The quantitative estimate of drug-likeness (QED) is 0.451. The van der Waals surface area contributed by atoms with Crippen molar-refractivity contribution >= 4 is 11.8 Å². The van der Waals surface area contributed by atoms with Gasteiger partial charge < -0.3 is 25.2 Å². The summed E-state index contributed by atoms with van der Waals surface area (Å²) in [6.07, 6.45) is 8.65. The maximum Gasteiger partial charge on any atom is 0.320 e. The first-order chi connectivity index (χ1) is 16.9. The molecule has 0 amide bonds. The minimum atomic E-state index is -1.01. The summed E-state index contributed by atoms with van der Waals surface area (Å²) in [5.41, 5.74) is 9.23. The molecule has 3 aromatic rings. The van der Waals surface area contributed by atoms with Gasteiger partial charge >= 0.3 is 5.97 Å². The highest BCUT2D eigenvalue weighted by Gasteiger charge is 2.19. The van der Waals surface area contributed by atoms with Crippen molar-refractivity contribution in [3.05, 3.63) is 66.0 Å². The van der Waals surface area contributed by atoms with Crippen LogP contribution in [0, 0.1) is 0 Å². The van der Waals surface area contributed by atoms with E-state index < -0.39 is 12.0 Å². The summed E-state index contributed by atoms with van der Waals surface area (Å²) >= 11 is 0. The monoisotopic (exact) mass is 476 g/mol. The van der Waals surface area contributed by atoms with Gasteiger partial charge in [0.25, 0.3) is 0 Å². The smallest absolute Gasteiger partial charge is 0.320 e. The lowest BCUT2D eigenvalue weighted by atomic mass is 10.0. The Morgan fingerprint density at radius 1 is 1.09 bits per heavy atom. The average molecular weight is 477 g/mol. The molecular formula is C27H32N4O4. The molecule has 184 valence electrons. The molecule has 8 heteroatoms. The fourth-order valence-corrected chi connectivity index (χ4v) is 4.27. The van der Waals surface area contributed by atoms with Crippen LogP contribution >= 0.6 is 0 Å². The second kappa shape index (κ2) is 11.2. The first-order valence-corrected chi connectivity index (χ1v) is 11.9. The third-order valence-electron chi connectivity index (χ3n) is 6.30. The standard InChI is InChI=1S/C27H32N4O4/c1-31(17-19-9-12-24(34-2)25(14-19)35-21-5-3-4-6-21)26-16-29-23(15-30-26)20-10-7-18(8-11-20)13-22(28)27(32)33/h7-12,14-16,21-22H,3-6,13,17,28H2,1-2H3,(H,32,33)/t22-/m0/s1. The molecular weight excluding hydrogens is 444 g/mol. The van der Waals surface area contributed by atoms with Crippen LogP contribution in [-0.2, 0) is 17.8 Å². The number of nitrogens with two attached hydrogens (primary N) is 1. The van der Waals surface area contributed by atoms with E-state index in [4.69, 9.17) is 20.3 Å². The molecule has 0 bridgehead atoms. The molecule has 1 atom stereocenters. The van der Waals surface area contributed by atoms with Gasteiger partial charge in [0.15, 0.2) is 11.5 Å². The SMILES string of the molecule is COc1ccc(CN(C)c2cnc(-c3ccc(C[C@H](N)C(=O)O)cc3)cn2)cc1OC1CCCC1. The minimum Gasteiger partial charge on any atom is -0.493 e. The number of carboxylic acid groups (broad SMARTS) is 1. The van der Waals surface area contributed by atoms with E-state index in [1.165, 1.54) is 12.8 Å². The summed E-state index contributed by atoms with van der Waals surface area (Å²) in [5.74, 6) is 1.29. The Balaban J connectivity index is 1.41. The predicted octanol–water partition coefficient (Wildman–Crippen LogP) is 4.06.